The zero-order valence-corrected chi connectivity index (χ0v) is 10.0. The van der Waals surface area contributed by atoms with Crippen molar-refractivity contribution in [1.29, 1.82) is 0 Å². The zero-order chi connectivity index (χ0) is 8.58. The first-order valence-corrected chi connectivity index (χ1v) is 10.9. The van der Waals surface area contributed by atoms with Gasteiger partial charge in [0, 0.05) is 0 Å². The van der Waals surface area contributed by atoms with E-state index in [4.69, 9.17) is 0 Å². The van der Waals surface area contributed by atoms with E-state index < -0.39 is 30.7 Å². The van der Waals surface area contributed by atoms with Crippen LogP contribution >= 0.6 is 0 Å². The molecule has 0 aliphatic rings. The summed E-state index contributed by atoms with van der Waals surface area (Å²) in [5.41, 5.74) is 0. The van der Waals surface area contributed by atoms with Crippen LogP contribution in [0.1, 0.15) is 0 Å². The van der Waals surface area contributed by atoms with Gasteiger partial charge in [-0.2, -0.15) is 0 Å². The van der Waals surface area contributed by atoms with Gasteiger partial charge < -0.3 is 0 Å². The molecule has 59 valence electrons. The Labute approximate surface area is 60.9 Å². The fraction of sp³-hybridized carbons (Fsp3) is 1.00. The second-order valence-corrected chi connectivity index (χ2v) is 12.6. The third kappa shape index (κ3) is 3.04. The molecule has 8 heteroatoms. The molecule has 2 N–H and O–H groups in total. The van der Waals surface area contributed by atoms with Crippen LogP contribution in [0.15, 0.2) is 0 Å². The molecule has 0 fully saturated rings. The first-order chi connectivity index (χ1) is 4.15. The quantitative estimate of drug-likeness (QED) is 0.518. The fourth-order valence-corrected chi connectivity index (χ4v) is 1.99. The Bertz CT molecular complexity index is 99.9. The van der Waals surface area contributed by atoms with E-state index >= 15 is 0 Å². The molecule has 0 saturated carbocycles. The van der Waals surface area contributed by atoms with E-state index in [1.54, 1.807) is 0 Å². The van der Waals surface area contributed by atoms with E-state index in [9.17, 15) is 26.3 Å². The number of hydrogen-bond acceptors (Lipinski definition) is 1. The van der Waals surface area contributed by atoms with Crippen molar-refractivity contribution in [3.8, 4) is 0 Å². The van der Waals surface area contributed by atoms with Crippen LogP contribution in [0.4, 0.5) is 26.3 Å². The summed E-state index contributed by atoms with van der Waals surface area (Å²) in [5, 5.41) is 0. The molecule has 10 heavy (non-hydrogen) atoms. The van der Waals surface area contributed by atoms with Gasteiger partial charge in [0.2, 0.25) is 0 Å². The third-order valence-corrected chi connectivity index (χ3v) is 7.58. The average molecular weight is 355 g/mol. The van der Waals surface area contributed by atoms with Gasteiger partial charge in [-0.25, -0.2) is 0 Å². The van der Waals surface area contributed by atoms with Crippen molar-refractivity contribution >= 4 is 0 Å². The molecule has 0 aromatic carbocycles. The number of alkyl halides is 6. The van der Waals surface area contributed by atoms with E-state index in [-0.39, 0.29) is 0 Å². The first kappa shape index (κ1) is 10.5. The molecular formula is C2H2F6HgN. The molecule has 0 unspecified atom stereocenters. The number of nitrogens with two attached hydrogens (primary N) is 1. The van der Waals surface area contributed by atoms with Gasteiger partial charge in [-0.15, -0.1) is 0 Å². The number of rotatable bonds is 0. The zero-order valence-electron chi connectivity index (χ0n) is 4.55. The Morgan fingerprint density at radius 3 is 1.00 bits per heavy atom. The molecule has 0 heterocycles. The summed E-state index contributed by atoms with van der Waals surface area (Å²) in [4.78, 5) is 0. The molecule has 1 nitrogen and oxygen atoms in total. The predicted octanol–water partition coefficient (Wildman–Crippen LogP) is 1.52. The summed E-state index contributed by atoms with van der Waals surface area (Å²) >= 11 is -5.97. The normalized spacial score (nSPS) is 13.5. The summed E-state index contributed by atoms with van der Waals surface area (Å²) in [6.07, 6.45) is 0. The second-order valence-electron chi connectivity index (χ2n) is 1.82. The van der Waals surface area contributed by atoms with Crippen LogP contribution < -0.4 is 3.50 Å². The average Bonchev–Trinajstić information content (AvgIpc) is 1.59. The molecule has 0 radical (unpaired) electrons. The standard InChI is InChI=1S/2CF3.Hg.H2N/c2*2-1(3)4;;/h;;;1H2/q;;+1;-1. The van der Waals surface area contributed by atoms with Crippen LogP contribution in [-0.4, -0.2) is 7.37 Å². The second kappa shape index (κ2) is 2.84. The maximum atomic E-state index is 11.2. The van der Waals surface area contributed by atoms with Gasteiger partial charge in [-0.3, -0.25) is 0 Å². The van der Waals surface area contributed by atoms with Crippen LogP contribution in [0, 0.1) is 0 Å². The Kier molecular flexibility index (Phi) is 2.98. The van der Waals surface area contributed by atoms with E-state index in [1.807, 2.05) is 0 Å². The van der Waals surface area contributed by atoms with Gasteiger partial charge in [0.25, 0.3) is 0 Å². The van der Waals surface area contributed by atoms with E-state index in [2.05, 4.69) is 3.50 Å². The predicted molar refractivity (Wildman–Crippen MR) is 16.3 cm³/mol. The van der Waals surface area contributed by atoms with Gasteiger partial charge in [-0.05, 0) is 0 Å². The fourth-order valence-electron chi connectivity index (χ4n) is 0.227. The van der Waals surface area contributed by atoms with Gasteiger partial charge in [0.1, 0.15) is 0 Å². The van der Waals surface area contributed by atoms with Gasteiger partial charge >= 0.3 is 60.5 Å². The Hall–Kier alpha value is 0.475. The van der Waals surface area contributed by atoms with E-state index in [0.29, 0.717) is 0 Å². The maximum absolute atomic E-state index is 11.2. The molecule has 0 spiro atoms. The van der Waals surface area contributed by atoms with Gasteiger partial charge in [0.05, 0.1) is 0 Å². The van der Waals surface area contributed by atoms with Crippen molar-refractivity contribution in [2.24, 2.45) is 3.50 Å². The SMILES string of the molecule is [NH2][Hg]([C](F)(F)F)[C](F)(F)F. The minimum absolute atomic E-state index is 4.01. The monoisotopic (exact) mass is 356 g/mol. The van der Waals surface area contributed by atoms with Crippen LogP contribution in [-0.2, 0) is 23.3 Å². The number of halogens is 6. The first-order valence-electron chi connectivity index (χ1n) is 2.25. The van der Waals surface area contributed by atoms with Crippen LogP contribution in [0.5, 0.6) is 0 Å². The van der Waals surface area contributed by atoms with Crippen molar-refractivity contribution in [2.45, 2.75) is 7.37 Å². The summed E-state index contributed by atoms with van der Waals surface area (Å²) in [7, 11) is 0. The third-order valence-electron chi connectivity index (χ3n) is 0.864. The Morgan fingerprint density at radius 2 is 1.00 bits per heavy atom. The van der Waals surface area contributed by atoms with Crippen molar-refractivity contribution < 1.29 is 49.7 Å². The van der Waals surface area contributed by atoms with Crippen molar-refractivity contribution in [2.75, 3.05) is 0 Å². The molecule has 0 aliphatic carbocycles. The molecule has 0 bridgehead atoms. The molecule has 0 saturated heterocycles. The summed E-state index contributed by atoms with van der Waals surface area (Å²) < 4.78 is 60.9. The van der Waals surface area contributed by atoms with Gasteiger partial charge in [-0.1, -0.05) is 0 Å². The summed E-state index contributed by atoms with van der Waals surface area (Å²) in [6.45, 7) is 0. The van der Waals surface area contributed by atoms with Crippen molar-refractivity contribution in [3.05, 3.63) is 0 Å². The van der Waals surface area contributed by atoms with E-state index in [1.165, 1.54) is 0 Å². The summed E-state index contributed by atoms with van der Waals surface area (Å²) in [5.74, 6) is 0. The summed E-state index contributed by atoms with van der Waals surface area (Å²) in [6, 6.07) is 0. The van der Waals surface area contributed by atoms with Crippen LogP contribution in [0.3, 0.4) is 0 Å². The molecule has 0 aliphatic heterocycles. The van der Waals surface area contributed by atoms with Crippen LogP contribution in [0.2, 0.25) is 0 Å². The molecule has 0 aromatic rings. The minimum atomic E-state index is -5.97. The van der Waals surface area contributed by atoms with Crippen molar-refractivity contribution in [3.63, 3.8) is 0 Å². The van der Waals surface area contributed by atoms with Crippen LogP contribution in [0.25, 0.3) is 0 Å². The van der Waals surface area contributed by atoms with E-state index in [0.717, 1.165) is 0 Å². The molecule has 0 rings (SSSR count). The topological polar surface area (TPSA) is 26.0 Å². The molecule has 0 amide bonds. The Morgan fingerprint density at radius 1 is 0.800 bits per heavy atom. The van der Waals surface area contributed by atoms with Crippen molar-refractivity contribution in [1.82, 2.24) is 0 Å². The molecule has 0 aromatic heterocycles. The Balaban J connectivity index is 4.23. The molecule has 0 atom stereocenters. The molecular weight excluding hydrogens is 353 g/mol. The number of hydrogen-bond donors (Lipinski definition) is 1. The van der Waals surface area contributed by atoms with Gasteiger partial charge in [0.15, 0.2) is 0 Å².